The molecule has 0 unspecified atom stereocenters. The molecule has 1 aliphatic carbocycles. The Morgan fingerprint density at radius 1 is 0.343 bits per heavy atom. The van der Waals surface area contributed by atoms with Crippen LogP contribution in [0.25, 0.3) is 82.8 Å². The highest BCUT2D eigenvalue weighted by molar-refractivity contribution is 6.19. The molecule has 11 aromatic carbocycles. The van der Waals surface area contributed by atoms with Gasteiger partial charge in [-0.15, -0.1) is 0 Å². The summed E-state index contributed by atoms with van der Waals surface area (Å²) in [6, 6.07) is 95.6. The number of hydrogen-bond donors (Lipinski definition) is 1. The second kappa shape index (κ2) is 15.8. The van der Waals surface area contributed by atoms with Gasteiger partial charge in [0.1, 0.15) is 0 Å². The van der Waals surface area contributed by atoms with Gasteiger partial charge in [-0.2, -0.15) is 0 Å². The molecule has 2 heteroatoms. The number of anilines is 2. The lowest BCUT2D eigenvalue weighted by Crippen LogP contribution is -2.28. The van der Waals surface area contributed by atoms with E-state index in [1.807, 2.05) is 0 Å². The van der Waals surface area contributed by atoms with Crippen LogP contribution in [0.15, 0.2) is 261 Å². The summed E-state index contributed by atoms with van der Waals surface area (Å²) in [6.07, 6.45) is 0. The highest BCUT2D eigenvalue weighted by Gasteiger charge is 2.47. The molecule has 1 heterocycles. The van der Waals surface area contributed by atoms with Gasteiger partial charge in [0, 0.05) is 33.1 Å². The molecule has 1 aliphatic rings. The number of rotatable bonds is 8. The third-order valence-corrected chi connectivity index (χ3v) is 14.1. The van der Waals surface area contributed by atoms with E-state index in [0.717, 1.165) is 28.1 Å². The van der Waals surface area contributed by atoms with Gasteiger partial charge in [-0.1, -0.05) is 212 Å². The molecule has 0 fully saturated rings. The molecule has 0 bridgehead atoms. The van der Waals surface area contributed by atoms with Gasteiger partial charge in [0.2, 0.25) is 0 Å². The molecule has 0 radical (unpaired) electrons. The largest absolute Gasteiger partial charge is 0.355 e. The Hall–Kier alpha value is -8.72. The fraction of sp³-hybridized carbons (Fsp3) is 0.0154. The predicted molar refractivity (Wildman–Crippen MR) is 282 cm³/mol. The Balaban J connectivity index is 1.05. The van der Waals surface area contributed by atoms with Gasteiger partial charge < -0.3 is 9.88 Å². The first-order valence-corrected chi connectivity index (χ1v) is 23.2. The summed E-state index contributed by atoms with van der Waals surface area (Å²) in [4.78, 5) is 0. The highest BCUT2D eigenvalue weighted by atomic mass is 15.0. The Labute approximate surface area is 390 Å². The van der Waals surface area contributed by atoms with E-state index >= 15 is 0 Å². The number of aromatic nitrogens is 1. The molecule has 0 atom stereocenters. The summed E-state index contributed by atoms with van der Waals surface area (Å²) in [5.41, 5.74) is 19.9. The van der Waals surface area contributed by atoms with Crippen molar-refractivity contribution in [2.45, 2.75) is 5.41 Å². The van der Waals surface area contributed by atoms with Crippen LogP contribution in [0, 0.1) is 0 Å². The lowest BCUT2D eigenvalue weighted by Gasteiger charge is -2.33. The maximum Gasteiger partial charge on any atom is 0.0713 e. The summed E-state index contributed by atoms with van der Waals surface area (Å²) >= 11 is 0. The Kier molecular flexibility index (Phi) is 9.11. The summed E-state index contributed by atoms with van der Waals surface area (Å²) in [6.45, 7) is 0. The Morgan fingerprint density at radius 3 is 1.66 bits per heavy atom. The maximum atomic E-state index is 3.79. The summed E-state index contributed by atoms with van der Waals surface area (Å²) in [7, 11) is 0. The van der Waals surface area contributed by atoms with Gasteiger partial charge >= 0.3 is 0 Å². The SMILES string of the molecule is c1ccc(-c2ccc(Nc3ccc(-c4ccc5c(c4)c4c6c(ccc4n5-c4cccc5ccccc45)C(c4ccccc4)(c4ccccc4)c4ccccc4-6)cc3-c3ccccc3)cc2)cc1. The lowest BCUT2D eigenvalue weighted by atomic mass is 9.67. The number of hydrogen-bond acceptors (Lipinski definition) is 1. The van der Waals surface area contributed by atoms with E-state index < -0.39 is 5.41 Å². The number of nitrogens with one attached hydrogen (secondary N) is 1. The van der Waals surface area contributed by atoms with Crippen molar-refractivity contribution >= 4 is 44.0 Å². The maximum absolute atomic E-state index is 3.79. The second-order valence-electron chi connectivity index (χ2n) is 17.7. The minimum Gasteiger partial charge on any atom is -0.355 e. The highest BCUT2D eigenvalue weighted by Crippen LogP contribution is 2.59. The van der Waals surface area contributed by atoms with Crippen molar-refractivity contribution in [3.63, 3.8) is 0 Å². The molecule has 0 amide bonds. The molecule has 0 saturated carbocycles. The van der Waals surface area contributed by atoms with Crippen molar-refractivity contribution in [1.29, 1.82) is 0 Å². The molecule has 0 spiro atoms. The van der Waals surface area contributed by atoms with Gasteiger partial charge in [0.25, 0.3) is 0 Å². The molecule has 0 saturated heterocycles. The normalized spacial score (nSPS) is 12.6. The molecule has 67 heavy (non-hydrogen) atoms. The van der Waals surface area contributed by atoms with E-state index in [-0.39, 0.29) is 0 Å². The van der Waals surface area contributed by atoms with E-state index in [2.05, 4.69) is 271 Å². The molecule has 2 nitrogen and oxygen atoms in total. The van der Waals surface area contributed by atoms with Crippen LogP contribution in [0.3, 0.4) is 0 Å². The Morgan fingerprint density at radius 2 is 0.910 bits per heavy atom. The van der Waals surface area contributed by atoms with Crippen molar-refractivity contribution in [3.05, 3.63) is 283 Å². The van der Waals surface area contributed by atoms with Crippen LogP contribution in [0.5, 0.6) is 0 Å². The lowest BCUT2D eigenvalue weighted by molar-refractivity contribution is 0.769. The van der Waals surface area contributed by atoms with Crippen molar-refractivity contribution in [2.75, 3.05) is 5.32 Å². The Bertz CT molecular complexity index is 3750. The monoisotopic (exact) mass is 852 g/mol. The third-order valence-electron chi connectivity index (χ3n) is 14.1. The minimum absolute atomic E-state index is 0.511. The van der Waals surface area contributed by atoms with Crippen LogP contribution in [-0.2, 0) is 5.41 Å². The summed E-state index contributed by atoms with van der Waals surface area (Å²) < 4.78 is 2.51. The fourth-order valence-electron chi connectivity index (χ4n) is 11.1. The van der Waals surface area contributed by atoms with Crippen LogP contribution < -0.4 is 5.32 Å². The summed E-state index contributed by atoms with van der Waals surface area (Å²) in [5.74, 6) is 0. The average Bonchev–Trinajstić information content (AvgIpc) is 3.90. The third kappa shape index (κ3) is 6.18. The quantitative estimate of drug-likeness (QED) is 0.161. The van der Waals surface area contributed by atoms with Crippen LogP contribution in [-0.4, -0.2) is 4.57 Å². The van der Waals surface area contributed by atoms with Crippen molar-refractivity contribution in [2.24, 2.45) is 0 Å². The van der Waals surface area contributed by atoms with Gasteiger partial charge in [-0.05, 0) is 115 Å². The van der Waals surface area contributed by atoms with E-state index in [4.69, 9.17) is 0 Å². The zero-order valence-electron chi connectivity index (χ0n) is 36.8. The van der Waals surface area contributed by atoms with Gasteiger partial charge in [-0.25, -0.2) is 0 Å². The number of fused-ring (bicyclic) bond motifs is 8. The molecule has 12 aromatic rings. The first kappa shape index (κ1) is 38.7. The second-order valence-corrected chi connectivity index (χ2v) is 17.7. The van der Waals surface area contributed by atoms with Gasteiger partial charge in [-0.3, -0.25) is 0 Å². The van der Waals surface area contributed by atoms with E-state index in [1.54, 1.807) is 0 Å². The van der Waals surface area contributed by atoms with Crippen LogP contribution in [0.2, 0.25) is 0 Å². The van der Waals surface area contributed by atoms with Crippen LogP contribution in [0.4, 0.5) is 11.4 Å². The molecule has 0 aliphatic heterocycles. The molecule has 1 N–H and O–H groups in total. The van der Waals surface area contributed by atoms with Crippen LogP contribution in [0.1, 0.15) is 22.3 Å². The van der Waals surface area contributed by atoms with Crippen LogP contribution >= 0.6 is 0 Å². The van der Waals surface area contributed by atoms with E-state index in [1.165, 1.54) is 88.3 Å². The fourth-order valence-corrected chi connectivity index (χ4v) is 11.1. The molecular weight excluding hydrogens is 809 g/mol. The molecular formula is C65H44N2. The van der Waals surface area contributed by atoms with Crippen molar-refractivity contribution < 1.29 is 0 Å². The van der Waals surface area contributed by atoms with Gasteiger partial charge in [0.05, 0.1) is 22.1 Å². The zero-order chi connectivity index (χ0) is 44.3. The topological polar surface area (TPSA) is 17.0 Å². The number of benzene rings is 11. The predicted octanol–water partition coefficient (Wildman–Crippen LogP) is 17.0. The standard InChI is InChI=1S/C65H44N2/c1-5-18-44(19-6-1)45-32-36-52(37-33-45)66-59-39-34-48(42-55(59)47-20-7-2-8-21-47)49-35-40-61-56(43-49)64-62(67(61)60-31-17-23-46-22-13-14-28-53(46)60)41-38-58-63(64)54-29-15-16-30-57(54)65(58,50-24-9-3-10-25-50)51-26-11-4-12-27-51/h1-43,66H. The number of nitrogens with zero attached hydrogens (tertiary/aromatic N) is 1. The van der Waals surface area contributed by atoms with Crippen molar-refractivity contribution in [3.8, 4) is 50.2 Å². The van der Waals surface area contributed by atoms with Gasteiger partial charge in [0.15, 0.2) is 0 Å². The first-order chi connectivity index (χ1) is 33.2. The van der Waals surface area contributed by atoms with E-state index in [9.17, 15) is 0 Å². The summed E-state index contributed by atoms with van der Waals surface area (Å²) in [5, 5.41) is 8.73. The zero-order valence-corrected chi connectivity index (χ0v) is 36.8. The minimum atomic E-state index is -0.511. The first-order valence-electron chi connectivity index (χ1n) is 23.2. The average molecular weight is 853 g/mol. The van der Waals surface area contributed by atoms with Crippen molar-refractivity contribution in [1.82, 2.24) is 4.57 Å². The van der Waals surface area contributed by atoms with E-state index in [0.29, 0.717) is 0 Å². The molecule has 1 aromatic heterocycles. The smallest absolute Gasteiger partial charge is 0.0713 e. The molecule has 13 rings (SSSR count). The molecule has 314 valence electrons.